The average molecular weight is 179 g/mol. The molecular weight excluding hydrogens is 166 g/mol. The van der Waals surface area contributed by atoms with Crippen LogP contribution in [0.5, 0.6) is 0 Å². The summed E-state index contributed by atoms with van der Waals surface area (Å²) in [7, 11) is 0. The molecule has 4 heteroatoms. The number of aromatic amines is 1. The van der Waals surface area contributed by atoms with Crippen molar-refractivity contribution >= 4 is 5.78 Å². The Balaban J connectivity index is 2.43. The number of nitrogens with zero attached hydrogens (tertiary/aromatic N) is 1. The van der Waals surface area contributed by atoms with Crippen molar-refractivity contribution in [3.05, 3.63) is 17.0 Å². The number of nitrogens with one attached hydrogen (secondary N) is 1. The Hall–Kier alpha value is -1.16. The molecule has 13 heavy (non-hydrogen) atoms. The Morgan fingerprint density at radius 1 is 1.69 bits per heavy atom. The summed E-state index contributed by atoms with van der Waals surface area (Å²) >= 11 is 0. The molecule has 0 saturated heterocycles. The monoisotopic (exact) mass is 179 g/mol. The molecule has 0 fully saturated rings. The van der Waals surface area contributed by atoms with Gasteiger partial charge >= 0.3 is 0 Å². The highest BCUT2D eigenvalue weighted by atomic mass is 16.1. The van der Waals surface area contributed by atoms with Gasteiger partial charge in [-0.3, -0.25) is 9.89 Å². The molecule has 0 spiro atoms. The number of carbonyl (C=O) groups excluding carboxylic acids is 1. The van der Waals surface area contributed by atoms with Crippen LogP contribution in [0.25, 0.3) is 0 Å². The van der Waals surface area contributed by atoms with E-state index >= 15 is 0 Å². The second-order valence-corrected chi connectivity index (χ2v) is 3.51. The molecule has 1 aromatic heterocycles. The second-order valence-electron chi connectivity index (χ2n) is 3.51. The average Bonchev–Trinajstić information content (AvgIpc) is 2.49. The van der Waals surface area contributed by atoms with Crippen LogP contribution in [0, 0.1) is 12.8 Å². The van der Waals surface area contributed by atoms with Crippen LogP contribution in [0.1, 0.15) is 28.2 Å². The lowest BCUT2D eigenvalue weighted by atomic mass is 9.85. The number of hydrogen-bond acceptors (Lipinski definition) is 3. The van der Waals surface area contributed by atoms with Gasteiger partial charge in [0.05, 0.1) is 11.3 Å². The van der Waals surface area contributed by atoms with Crippen molar-refractivity contribution in [2.75, 3.05) is 6.54 Å². The van der Waals surface area contributed by atoms with Gasteiger partial charge in [0.25, 0.3) is 0 Å². The summed E-state index contributed by atoms with van der Waals surface area (Å²) in [6.07, 6.45) is 1.71. The van der Waals surface area contributed by atoms with Gasteiger partial charge < -0.3 is 5.73 Å². The van der Waals surface area contributed by atoms with Gasteiger partial charge in [-0.1, -0.05) is 0 Å². The van der Waals surface area contributed by atoms with Crippen LogP contribution in [-0.2, 0) is 6.42 Å². The van der Waals surface area contributed by atoms with Gasteiger partial charge in [0, 0.05) is 18.2 Å². The predicted molar refractivity (Wildman–Crippen MR) is 48.5 cm³/mol. The maximum Gasteiger partial charge on any atom is 0.170 e. The molecule has 1 aliphatic rings. The summed E-state index contributed by atoms with van der Waals surface area (Å²) in [5, 5.41) is 6.93. The Labute approximate surface area is 76.5 Å². The minimum absolute atomic E-state index is 0.00352. The smallest absolute Gasteiger partial charge is 0.170 e. The largest absolute Gasteiger partial charge is 0.330 e. The van der Waals surface area contributed by atoms with Crippen LogP contribution >= 0.6 is 0 Å². The Bertz CT molecular complexity index is 343. The first-order chi connectivity index (χ1) is 6.24. The molecule has 1 aromatic rings. The van der Waals surface area contributed by atoms with Gasteiger partial charge in [0.15, 0.2) is 5.78 Å². The van der Waals surface area contributed by atoms with Gasteiger partial charge in [-0.05, 0) is 19.8 Å². The third-order valence-electron chi connectivity index (χ3n) is 2.65. The zero-order valence-corrected chi connectivity index (χ0v) is 7.63. The first kappa shape index (κ1) is 8.44. The van der Waals surface area contributed by atoms with Crippen LogP contribution in [0.2, 0.25) is 0 Å². The lowest BCUT2D eigenvalue weighted by Gasteiger charge is -2.18. The van der Waals surface area contributed by atoms with E-state index in [0.29, 0.717) is 6.54 Å². The molecule has 0 bridgehead atoms. The van der Waals surface area contributed by atoms with Crippen molar-refractivity contribution in [2.45, 2.75) is 19.8 Å². The van der Waals surface area contributed by atoms with Gasteiger partial charge in [0.2, 0.25) is 0 Å². The highest BCUT2D eigenvalue weighted by molar-refractivity contribution is 6.00. The maximum atomic E-state index is 11.8. The summed E-state index contributed by atoms with van der Waals surface area (Å²) in [6, 6.07) is 0. The maximum absolute atomic E-state index is 11.8. The van der Waals surface area contributed by atoms with Gasteiger partial charge in [-0.2, -0.15) is 5.10 Å². The molecule has 0 aliphatic heterocycles. The van der Waals surface area contributed by atoms with E-state index in [9.17, 15) is 4.79 Å². The van der Waals surface area contributed by atoms with Crippen molar-refractivity contribution in [1.29, 1.82) is 0 Å². The van der Waals surface area contributed by atoms with Crippen molar-refractivity contribution in [1.82, 2.24) is 10.2 Å². The predicted octanol–water partition coefficient (Wildman–Crippen LogP) is 0.422. The molecule has 3 N–H and O–H groups in total. The summed E-state index contributed by atoms with van der Waals surface area (Å²) in [5.74, 6) is 0.166. The first-order valence-electron chi connectivity index (χ1n) is 4.52. The van der Waals surface area contributed by atoms with E-state index in [0.717, 1.165) is 29.8 Å². The molecule has 1 heterocycles. The highest BCUT2D eigenvalue weighted by Crippen LogP contribution is 2.25. The van der Waals surface area contributed by atoms with E-state index in [4.69, 9.17) is 5.73 Å². The quantitative estimate of drug-likeness (QED) is 0.656. The number of rotatable bonds is 1. The number of fused-ring (bicyclic) bond motifs is 1. The van der Waals surface area contributed by atoms with Gasteiger partial charge in [-0.25, -0.2) is 0 Å². The number of ketones is 1. The summed E-state index contributed by atoms with van der Waals surface area (Å²) in [5.41, 5.74) is 8.08. The Morgan fingerprint density at radius 3 is 3.15 bits per heavy atom. The fourth-order valence-corrected chi connectivity index (χ4v) is 1.86. The number of carbonyl (C=O) groups is 1. The molecule has 0 amide bonds. The number of nitrogens with two attached hydrogens (primary N) is 1. The van der Waals surface area contributed by atoms with Crippen molar-refractivity contribution < 1.29 is 4.79 Å². The number of aryl methyl sites for hydroxylation is 2. The van der Waals surface area contributed by atoms with Crippen LogP contribution in [0.15, 0.2) is 0 Å². The zero-order valence-electron chi connectivity index (χ0n) is 7.63. The molecule has 1 atom stereocenters. The Kier molecular flexibility index (Phi) is 1.92. The lowest BCUT2D eigenvalue weighted by Crippen LogP contribution is -2.28. The van der Waals surface area contributed by atoms with Gasteiger partial charge in [-0.15, -0.1) is 0 Å². The summed E-state index contributed by atoms with van der Waals surface area (Å²) in [6.45, 7) is 2.32. The molecule has 0 aromatic carbocycles. The minimum Gasteiger partial charge on any atom is -0.330 e. The van der Waals surface area contributed by atoms with Crippen molar-refractivity contribution in [2.24, 2.45) is 11.7 Å². The van der Waals surface area contributed by atoms with E-state index < -0.39 is 0 Å². The third-order valence-corrected chi connectivity index (χ3v) is 2.65. The molecule has 1 unspecified atom stereocenters. The molecule has 0 saturated carbocycles. The van der Waals surface area contributed by atoms with E-state index in [1.807, 2.05) is 6.92 Å². The van der Waals surface area contributed by atoms with Gasteiger partial charge in [0.1, 0.15) is 0 Å². The van der Waals surface area contributed by atoms with Crippen LogP contribution in [0.4, 0.5) is 0 Å². The van der Waals surface area contributed by atoms with E-state index in [1.54, 1.807) is 0 Å². The topological polar surface area (TPSA) is 71.8 Å². The number of aromatic nitrogens is 2. The molecule has 1 aliphatic carbocycles. The van der Waals surface area contributed by atoms with Crippen LogP contribution in [-0.4, -0.2) is 22.5 Å². The first-order valence-corrected chi connectivity index (χ1v) is 4.52. The molecule has 2 rings (SSSR count). The summed E-state index contributed by atoms with van der Waals surface area (Å²) < 4.78 is 0. The standard InChI is InChI=1S/C9H13N3O/c1-5-8-7(12-11-5)3-2-6(4-10)9(8)13/h6H,2-4,10H2,1H3,(H,11,12). The number of hydrogen-bond donors (Lipinski definition) is 2. The molecular formula is C9H13N3O. The fourth-order valence-electron chi connectivity index (χ4n) is 1.86. The molecule has 0 radical (unpaired) electrons. The zero-order chi connectivity index (χ0) is 9.42. The SMILES string of the molecule is Cc1[nH]nc2c1C(=O)C(CN)CC2. The minimum atomic E-state index is 0.00352. The summed E-state index contributed by atoms with van der Waals surface area (Å²) in [4.78, 5) is 11.8. The second kappa shape index (κ2) is 2.96. The van der Waals surface area contributed by atoms with Crippen molar-refractivity contribution in [3.8, 4) is 0 Å². The normalized spacial score (nSPS) is 21.7. The van der Waals surface area contributed by atoms with E-state index in [1.165, 1.54) is 0 Å². The highest BCUT2D eigenvalue weighted by Gasteiger charge is 2.29. The third kappa shape index (κ3) is 1.18. The van der Waals surface area contributed by atoms with Crippen molar-refractivity contribution in [3.63, 3.8) is 0 Å². The molecule has 4 nitrogen and oxygen atoms in total. The lowest BCUT2D eigenvalue weighted by molar-refractivity contribution is 0.0906. The van der Waals surface area contributed by atoms with Crippen LogP contribution < -0.4 is 5.73 Å². The fraction of sp³-hybridized carbons (Fsp3) is 0.556. The Morgan fingerprint density at radius 2 is 2.46 bits per heavy atom. The van der Waals surface area contributed by atoms with E-state index in [2.05, 4.69) is 10.2 Å². The van der Waals surface area contributed by atoms with Crippen LogP contribution in [0.3, 0.4) is 0 Å². The van der Waals surface area contributed by atoms with E-state index in [-0.39, 0.29) is 11.7 Å². The molecule has 70 valence electrons. The number of Topliss-reactive ketones (excluding diaryl/α,β-unsaturated/α-hetero) is 1. The number of H-pyrrole nitrogens is 1.